The van der Waals surface area contributed by atoms with Crippen LogP contribution in [0.2, 0.25) is 0 Å². The Morgan fingerprint density at radius 2 is 2.06 bits per heavy atom. The molecule has 0 aliphatic carbocycles. The van der Waals surface area contributed by atoms with Crippen LogP contribution < -0.4 is 4.90 Å². The fraction of sp³-hybridized carbons (Fsp3) is 0.385. The van der Waals surface area contributed by atoms with Crippen LogP contribution in [0.1, 0.15) is 13.3 Å². The summed E-state index contributed by atoms with van der Waals surface area (Å²) in [6.07, 6.45) is 2.87. The predicted molar refractivity (Wildman–Crippen MR) is 72.8 cm³/mol. The summed E-state index contributed by atoms with van der Waals surface area (Å²) in [5.41, 5.74) is 0. The topological polar surface area (TPSA) is 29.0 Å². The van der Waals surface area contributed by atoms with E-state index in [0.717, 1.165) is 36.1 Å². The van der Waals surface area contributed by atoms with E-state index >= 15 is 0 Å². The van der Waals surface area contributed by atoms with Crippen LogP contribution >= 0.6 is 11.6 Å². The molecule has 0 unspecified atom stereocenters. The number of halogens is 1. The first kappa shape index (κ1) is 12.1. The zero-order valence-electron chi connectivity index (χ0n) is 9.93. The summed E-state index contributed by atoms with van der Waals surface area (Å²) in [6.45, 7) is 3.91. The van der Waals surface area contributed by atoms with Crippen molar-refractivity contribution in [3.8, 4) is 0 Å². The van der Waals surface area contributed by atoms with Gasteiger partial charge in [0.25, 0.3) is 0 Å². The molecule has 90 valence electrons. The molecule has 0 N–H and O–H groups in total. The Labute approximate surface area is 106 Å². The van der Waals surface area contributed by atoms with E-state index in [1.165, 1.54) is 0 Å². The minimum atomic E-state index is 0.602. The van der Waals surface area contributed by atoms with Gasteiger partial charge in [-0.25, -0.2) is 0 Å². The van der Waals surface area contributed by atoms with Crippen LogP contribution in [0, 0.1) is 0 Å². The van der Waals surface area contributed by atoms with Crippen LogP contribution in [0.5, 0.6) is 0 Å². The molecule has 4 heteroatoms. The highest BCUT2D eigenvalue weighted by atomic mass is 35.5. The molecule has 2 aromatic rings. The van der Waals surface area contributed by atoms with Gasteiger partial charge in [0.2, 0.25) is 0 Å². The van der Waals surface area contributed by atoms with Gasteiger partial charge in [0.15, 0.2) is 5.82 Å². The molecule has 0 aliphatic heterocycles. The largest absolute Gasteiger partial charge is 0.353 e. The maximum absolute atomic E-state index is 5.84. The second-order valence-electron chi connectivity index (χ2n) is 3.93. The van der Waals surface area contributed by atoms with Gasteiger partial charge in [0.1, 0.15) is 0 Å². The Hall–Kier alpha value is -1.35. The van der Waals surface area contributed by atoms with Crippen molar-refractivity contribution in [1.29, 1.82) is 0 Å². The molecular formula is C13H16ClN3. The standard InChI is InChI=1S/C13H16ClN3/c1-2-8-17(9-7-14)13-12-6-4-3-5-11(12)10-15-16-13/h3-6,10H,2,7-9H2,1H3. The van der Waals surface area contributed by atoms with E-state index < -0.39 is 0 Å². The molecular weight excluding hydrogens is 234 g/mol. The van der Waals surface area contributed by atoms with Gasteiger partial charge in [-0.3, -0.25) is 0 Å². The number of rotatable bonds is 5. The van der Waals surface area contributed by atoms with Crippen LogP contribution in [0.4, 0.5) is 5.82 Å². The summed E-state index contributed by atoms with van der Waals surface area (Å²) in [5, 5.41) is 10.6. The number of aromatic nitrogens is 2. The Morgan fingerprint density at radius 3 is 2.82 bits per heavy atom. The fourth-order valence-corrected chi connectivity index (χ4v) is 2.15. The maximum Gasteiger partial charge on any atom is 0.159 e. The highest BCUT2D eigenvalue weighted by molar-refractivity contribution is 6.18. The van der Waals surface area contributed by atoms with Gasteiger partial charge in [-0.2, -0.15) is 5.10 Å². The monoisotopic (exact) mass is 249 g/mol. The van der Waals surface area contributed by atoms with E-state index in [0.29, 0.717) is 5.88 Å². The van der Waals surface area contributed by atoms with Crippen LogP contribution in [-0.2, 0) is 0 Å². The average molecular weight is 250 g/mol. The molecule has 0 amide bonds. The first-order chi connectivity index (χ1) is 8.36. The summed E-state index contributed by atoms with van der Waals surface area (Å²) in [4.78, 5) is 2.20. The molecule has 0 saturated heterocycles. The van der Waals surface area contributed by atoms with E-state index in [4.69, 9.17) is 11.6 Å². The molecule has 2 rings (SSSR count). The van der Waals surface area contributed by atoms with Gasteiger partial charge in [-0.05, 0) is 6.42 Å². The quantitative estimate of drug-likeness (QED) is 0.763. The van der Waals surface area contributed by atoms with Crippen molar-refractivity contribution >= 4 is 28.2 Å². The number of alkyl halides is 1. The Kier molecular flexibility index (Phi) is 4.15. The number of hydrogen-bond acceptors (Lipinski definition) is 3. The van der Waals surface area contributed by atoms with E-state index in [-0.39, 0.29) is 0 Å². The zero-order chi connectivity index (χ0) is 12.1. The summed E-state index contributed by atoms with van der Waals surface area (Å²) in [6, 6.07) is 8.17. The molecule has 0 bridgehead atoms. The lowest BCUT2D eigenvalue weighted by molar-refractivity contribution is 0.774. The van der Waals surface area contributed by atoms with Crippen molar-refractivity contribution in [3.05, 3.63) is 30.5 Å². The third-order valence-corrected chi connectivity index (χ3v) is 2.87. The molecule has 0 spiro atoms. The first-order valence-electron chi connectivity index (χ1n) is 5.88. The second-order valence-corrected chi connectivity index (χ2v) is 4.31. The third-order valence-electron chi connectivity index (χ3n) is 2.70. The Bertz CT molecular complexity index is 476. The lowest BCUT2D eigenvalue weighted by Gasteiger charge is -2.22. The van der Waals surface area contributed by atoms with E-state index in [1.54, 1.807) is 6.20 Å². The van der Waals surface area contributed by atoms with E-state index in [2.05, 4.69) is 34.2 Å². The predicted octanol–water partition coefficient (Wildman–Crippen LogP) is 3.09. The van der Waals surface area contributed by atoms with Crippen molar-refractivity contribution in [3.63, 3.8) is 0 Å². The van der Waals surface area contributed by atoms with Crippen LogP contribution in [0.25, 0.3) is 10.8 Å². The summed E-state index contributed by atoms with van der Waals surface area (Å²) in [7, 11) is 0. The van der Waals surface area contributed by atoms with Crippen molar-refractivity contribution < 1.29 is 0 Å². The number of hydrogen-bond donors (Lipinski definition) is 0. The van der Waals surface area contributed by atoms with Gasteiger partial charge in [-0.15, -0.1) is 16.7 Å². The summed E-state index contributed by atoms with van der Waals surface area (Å²) >= 11 is 5.84. The smallest absolute Gasteiger partial charge is 0.159 e. The Morgan fingerprint density at radius 1 is 1.24 bits per heavy atom. The number of anilines is 1. The van der Waals surface area contributed by atoms with E-state index in [9.17, 15) is 0 Å². The van der Waals surface area contributed by atoms with Crippen molar-refractivity contribution in [2.24, 2.45) is 0 Å². The van der Waals surface area contributed by atoms with Crippen molar-refractivity contribution in [2.45, 2.75) is 13.3 Å². The number of benzene rings is 1. The van der Waals surface area contributed by atoms with Crippen molar-refractivity contribution in [2.75, 3.05) is 23.9 Å². The summed E-state index contributed by atoms with van der Waals surface area (Å²) < 4.78 is 0. The molecule has 0 radical (unpaired) electrons. The molecule has 1 aromatic carbocycles. The van der Waals surface area contributed by atoms with Crippen LogP contribution in [-0.4, -0.2) is 29.2 Å². The van der Waals surface area contributed by atoms with Crippen LogP contribution in [0.15, 0.2) is 30.5 Å². The number of nitrogens with zero attached hydrogens (tertiary/aromatic N) is 3. The molecule has 0 atom stereocenters. The molecule has 0 aliphatic rings. The second kappa shape index (κ2) is 5.82. The minimum absolute atomic E-state index is 0.602. The molecule has 0 fully saturated rings. The third kappa shape index (κ3) is 2.67. The molecule has 17 heavy (non-hydrogen) atoms. The van der Waals surface area contributed by atoms with Gasteiger partial charge >= 0.3 is 0 Å². The minimum Gasteiger partial charge on any atom is -0.353 e. The first-order valence-corrected chi connectivity index (χ1v) is 6.41. The molecule has 3 nitrogen and oxygen atoms in total. The SMILES string of the molecule is CCCN(CCCl)c1nncc2ccccc12. The van der Waals surface area contributed by atoms with Gasteiger partial charge < -0.3 is 4.90 Å². The maximum atomic E-state index is 5.84. The number of fused-ring (bicyclic) bond motifs is 1. The average Bonchev–Trinajstić information content (AvgIpc) is 2.38. The molecule has 0 saturated carbocycles. The normalized spacial score (nSPS) is 10.7. The highest BCUT2D eigenvalue weighted by Crippen LogP contribution is 2.23. The lowest BCUT2D eigenvalue weighted by atomic mass is 10.2. The van der Waals surface area contributed by atoms with Gasteiger partial charge in [0.05, 0.1) is 6.20 Å². The zero-order valence-corrected chi connectivity index (χ0v) is 10.7. The van der Waals surface area contributed by atoms with Crippen molar-refractivity contribution in [1.82, 2.24) is 10.2 Å². The fourth-order valence-electron chi connectivity index (χ4n) is 1.94. The summed E-state index contributed by atoms with van der Waals surface area (Å²) in [5.74, 6) is 1.54. The Balaban J connectivity index is 2.44. The van der Waals surface area contributed by atoms with E-state index in [1.807, 2.05) is 12.1 Å². The van der Waals surface area contributed by atoms with Gasteiger partial charge in [0, 0.05) is 29.7 Å². The molecule has 1 aromatic heterocycles. The van der Waals surface area contributed by atoms with Crippen LogP contribution in [0.3, 0.4) is 0 Å². The highest BCUT2D eigenvalue weighted by Gasteiger charge is 2.10. The molecule has 1 heterocycles. The lowest BCUT2D eigenvalue weighted by Crippen LogP contribution is -2.27. The van der Waals surface area contributed by atoms with Gasteiger partial charge in [-0.1, -0.05) is 31.2 Å².